The Labute approximate surface area is 168 Å². The van der Waals surface area contributed by atoms with Crippen LogP contribution in [0.2, 0.25) is 0 Å². The average molecular weight is 439 g/mol. The smallest absolute Gasteiger partial charge is 0.350 e. The van der Waals surface area contributed by atoms with Crippen LogP contribution < -0.4 is 5.32 Å². The third-order valence-electron chi connectivity index (χ3n) is 5.02. The molecular formula is C20H20F7NO2. The van der Waals surface area contributed by atoms with Crippen molar-refractivity contribution in [3.8, 4) is 0 Å². The second kappa shape index (κ2) is 8.68. The first-order valence-electron chi connectivity index (χ1n) is 9.29. The van der Waals surface area contributed by atoms with E-state index in [9.17, 15) is 30.7 Å². The summed E-state index contributed by atoms with van der Waals surface area (Å²) in [5.74, 6) is -0.577. The van der Waals surface area contributed by atoms with Crippen LogP contribution in [0.4, 0.5) is 30.7 Å². The number of ether oxygens (including phenoxy) is 2. The Balaban J connectivity index is 1.83. The highest BCUT2D eigenvalue weighted by Gasteiger charge is 2.38. The molecule has 10 heteroatoms. The number of allylic oxidation sites excluding steroid dienone is 3. The van der Waals surface area contributed by atoms with Crippen molar-refractivity contribution in [3.05, 3.63) is 58.9 Å². The van der Waals surface area contributed by atoms with Crippen molar-refractivity contribution in [1.29, 1.82) is 0 Å². The number of hydrogen-bond donors (Lipinski definition) is 1. The summed E-state index contributed by atoms with van der Waals surface area (Å²) in [7, 11) is 0. The standard InChI is InChI=1S/C20H20F7NO2/c1-11(13-8-14(19(22,23)24)10-15(9-13)20(25,26)27)30-18-17(28-6-7-29-18)12-2-4-16(21)5-3-12/h2,4-5,8-12,17-18,28H,3,6-7H2,1H3/t11-,12?,17+,18+/m1/s1. The number of benzene rings is 1. The SMILES string of the molecule is C[C@@H](O[C@@H]1OCCN[C@H]1C1C=CC(F)=CC1)c1cc(C(F)(F)F)cc(C(F)(F)F)c1. The minimum Gasteiger partial charge on any atom is -0.350 e. The molecule has 3 rings (SSSR count). The van der Waals surface area contributed by atoms with E-state index in [0.717, 1.165) is 0 Å². The first kappa shape index (κ1) is 22.8. The fourth-order valence-corrected chi connectivity index (χ4v) is 3.45. The lowest BCUT2D eigenvalue weighted by molar-refractivity contribution is -0.204. The number of rotatable bonds is 4. The molecule has 0 radical (unpaired) electrons. The summed E-state index contributed by atoms with van der Waals surface area (Å²) in [6.07, 6.45) is -7.23. The monoisotopic (exact) mass is 439 g/mol. The maximum absolute atomic E-state index is 13.2. The van der Waals surface area contributed by atoms with Gasteiger partial charge in [-0.05, 0) is 49.3 Å². The van der Waals surface area contributed by atoms with Gasteiger partial charge in [-0.15, -0.1) is 0 Å². The highest BCUT2D eigenvalue weighted by atomic mass is 19.4. The minimum atomic E-state index is -4.94. The van der Waals surface area contributed by atoms with Crippen LogP contribution in [0.3, 0.4) is 0 Å². The third kappa shape index (κ3) is 5.41. The summed E-state index contributed by atoms with van der Waals surface area (Å²) >= 11 is 0. The molecule has 0 bridgehead atoms. The quantitative estimate of drug-likeness (QED) is 0.625. The summed E-state index contributed by atoms with van der Waals surface area (Å²) in [5, 5.41) is 3.17. The van der Waals surface area contributed by atoms with Crippen molar-refractivity contribution in [2.24, 2.45) is 5.92 Å². The Hall–Kier alpha value is -1.91. The molecule has 0 amide bonds. The highest BCUT2D eigenvalue weighted by molar-refractivity contribution is 5.34. The fraction of sp³-hybridized carbons (Fsp3) is 0.500. The topological polar surface area (TPSA) is 30.5 Å². The summed E-state index contributed by atoms with van der Waals surface area (Å²) in [4.78, 5) is 0. The zero-order valence-corrected chi connectivity index (χ0v) is 15.9. The van der Waals surface area contributed by atoms with Crippen LogP contribution in [0.1, 0.15) is 36.1 Å². The van der Waals surface area contributed by atoms with E-state index in [1.807, 2.05) is 0 Å². The first-order chi connectivity index (χ1) is 13.9. The molecule has 1 aromatic carbocycles. The van der Waals surface area contributed by atoms with Crippen molar-refractivity contribution >= 4 is 0 Å². The maximum atomic E-state index is 13.2. The molecule has 1 heterocycles. The maximum Gasteiger partial charge on any atom is 0.416 e. The summed E-state index contributed by atoms with van der Waals surface area (Å²) in [5.41, 5.74) is -3.08. The molecule has 1 unspecified atom stereocenters. The van der Waals surface area contributed by atoms with Crippen LogP contribution in [0, 0.1) is 5.92 Å². The van der Waals surface area contributed by atoms with Gasteiger partial charge in [0.25, 0.3) is 0 Å². The van der Waals surface area contributed by atoms with E-state index < -0.39 is 41.9 Å². The summed E-state index contributed by atoms with van der Waals surface area (Å²) in [6.45, 7) is 2.10. The van der Waals surface area contributed by atoms with Crippen LogP contribution in [0.25, 0.3) is 0 Å². The molecular weight excluding hydrogens is 419 g/mol. The lowest BCUT2D eigenvalue weighted by atomic mass is 9.91. The molecule has 1 aromatic rings. The molecule has 0 aromatic heterocycles. The van der Waals surface area contributed by atoms with Crippen molar-refractivity contribution in [3.63, 3.8) is 0 Å². The summed E-state index contributed by atoms with van der Waals surface area (Å²) in [6, 6.07) is 0.925. The van der Waals surface area contributed by atoms with Gasteiger partial charge in [-0.1, -0.05) is 6.08 Å². The molecule has 1 aliphatic heterocycles. The molecule has 0 spiro atoms. The van der Waals surface area contributed by atoms with Gasteiger partial charge in [0.2, 0.25) is 0 Å². The third-order valence-corrected chi connectivity index (χ3v) is 5.02. The molecule has 3 nitrogen and oxygen atoms in total. The van der Waals surface area contributed by atoms with Crippen molar-refractivity contribution in [2.45, 2.75) is 44.1 Å². The zero-order valence-electron chi connectivity index (χ0n) is 15.9. The van der Waals surface area contributed by atoms with E-state index in [0.29, 0.717) is 25.1 Å². The Kier molecular flexibility index (Phi) is 6.59. The van der Waals surface area contributed by atoms with E-state index in [4.69, 9.17) is 9.47 Å². The minimum absolute atomic E-state index is 0.0748. The lowest BCUT2D eigenvalue weighted by Gasteiger charge is -2.38. The van der Waals surface area contributed by atoms with Crippen LogP contribution in [0.15, 0.2) is 42.3 Å². The summed E-state index contributed by atoms with van der Waals surface area (Å²) < 4.78 is 103. The largest absolute Gasteiger partial charge is 0.416 e. The van der Waals surface area contributed by atoms with Crippen LogP contribution in [-0.2, 0) is 21.8 Å². The van der Waals surface area contributed by atoms with Gasteiger partial charge in [-0.25, -0.2) is 4.39 Å². The van der Waals surface area contributed by atoms with Gasteiger partial charge in [0, 0.05) is 12.5 Å². The predicted octanol–water partition coefficient (Wildman–Crippen LogP) is 5.55. The van der Waals surface area contributed by atoms with E-state index >= 15 is 0 Å². The molecule has 1 aliphatic carbocycles. The van der Waals surface area contributed by atoms with Crippen molar-refractivity contribution < 1.29 is 40.2 Å². The Morgan fingerprint density at radius 1 is 1.07 bits per heavy atom. The molecule has 30 heavy (non-hydrogen) atoms. The van der Waals surface area contributed by atoms with E-state index in [1.54, 1.807) is 6.08 Å². The van der Waals surface area contributed by atoms with Crippen LogP contribution in [0.5, 0.6) is 0 Å². The number of hydrogen-bond acceptors (Lipinski definition) is 3. The molecule has 0 saturated carbocycles. The second-order valence-corrected chi connectivity index (χ2v) is 7.18. The fourth-order valence-electron chi connectivity index (χ4n) is 3.45. The Morgan fingerprint density at radius 3 is 2.23 bits per heavy atom. The highest BCUT2D eigenvalue weighted by Crippen LogP contribution is 2.38. The van der Waals surface area contributed by atoms with E-state index in [-0.39, 0.29) is 30.0 Å². The number of alkyl halides is 6. The van der Waals surface area contributed by atoms with Gasteiger partial charge in [0.05, 0.1) is 29.9 Å². The number of halogens is 7. The first-order valence-corrected chi connectivity index (χ1v) is 9.29. The second-order valence-electron chi connectivity index (χ2n) is 7.18. The lowest BCUT2D eigenvalue weighted by Crippen LogP contribution is -2.53. The van der Waals surface area contributed by atoms with Gasteiger partial charge < -0.3 is 14.8 Å². The molecule has 1 N–H and O–H groups in total. The number of nitrogens with one attached hydrogen (secondary N) is 1. The Morgan fingerprint density at radius 2 is 1.70 bits per heavy atom. The van der Waals surface area contributed by atoms with Gasteiger partial charge >= 0.3 is 12.4 Å². The van der Waals surface area contributed by atoms with Crippen molar-refractivity contribution in [2.75, 3.05) is 13.2 Å². The van der Waals surface area contributed by atoms with Gasteiger partial charge in [0.15, 0.2) is 6.29 Å². The molecule has 4 atom stereocenters. The molecule has 1 saturated heterocycles. The van der Waals surface area contributed by atoms with E-state index in [1.165, 1.54) is 19.1 Å². The Bertz CT molecular complexity index is 784. The zero-order chi connectivity index (χ0) is 22.1. The van der Waals surface area contributed by atoms with Crippen LogP contribution >= 0.6 is 0 Å². The molecule has 166 valence electrons. The molecule has 1 fully saturated rings. The normalized spacial score (nSPS) is 26.4. The number of morpholine rings is 1. The van der Waals surface area contributed by atoms with Gasteiger partial charge in [-0.3, -0.25) is 0 Å². The van der Waals surface area contributed by atoms with Crippen LogP contribution in [-0.4, -0.2) is 25.5 Å². The van der Waals surface area contributed by atoms with Gasteiger partial charge in [0.1, 0.15) is 5.83 Å². The predicted molar refractivity (Wildman–Crippen MR) is 93.9 cm³/mol. The van der Waals surface area contributed by atoms with Crippen molar-refractivity contribution in [1.82, 2.24) is 5.32 Å². The van der Waals surface area contributed by atoms with Gasteiger partial charge in [-0.2, -0.15) is 26.3 Å². The van der Waals surface area contributed by atoms with E-state index in [2.05, 4.69) is 5.32 Å². The average Bonchev–Trinajstić information content (AvgIpc) is 2.67. The molecule has 2 aliphatic rings.